The average molecular weight is 283 g/mol. The first kappa shape index (κ1) is 14.4. The Hall–Kier alpha value is -0.980. The molecule has 1 aromatic heterocycles. The van der Waals surface area contributed by atoms with Gasteiger partial charge in [-0.05, 0) is 25.0 Å². The summed E-state index contributed by atoms with van der Waals surface area (Å²) in [6.45, 7) is 1.01. The number of hydrogen-bond donors (Lipinski definition) is 1. The van der Waals surface area contributed by atoms with Gasteiger partial charge in [0.15, 0.2) is 0 Å². The second-order valence-corrected chi connectivity index (χ2v) is 6.92. The highest BCUT2D eigenvalue weighted by Gasteiger charge is 2.30. The van der Waals surface area contributed by atoms with Crippen LogP contribution in [0.2, 0.25) is 0 Å². The molecule has 0 amide bonds. The Balaban J connectivity index is 2.01. The maximum atomic E-state index is 12.4. The first-order valence-electron chi connectivity index (χ1n) is 6.73. The Morgan fingerprint density at radius 2 is 2.21 bits per heavy atom. The van der Waals surface area contributed by atoms with Crippen molar-refractivity contribution in [2.75, 3.05) is 18.8 Å². The molecule has 0 radical (unpaired) electrons. The standard InChI is InChI=1S/C13H21N3O2S/c14-11-13-6-2-4-9-16(13)19(17,18)10-7-12-5-1-3-8-15-12/h1,3,5,8,13H,2,4,6-7,9-11,14H2. The Kier molecular flexibility index (Phi) is 4.90. The lowest BCUT2D eigenvalue weighted by molar-refractivity contribution is 0.257. The zero-order chi connectivity index (χ0) is 13.7. The third-order valence-corrected chi connectivity index (χ3v) is 5.46. The van der Waals surface area contributed by atoms with Gasteiger partial charge in [-0.3, -0.25) is 4.98 Å². The van der Waals surface area contributed by atoms with Gasteiger partial charge >= 0.3 is 0 Å². The minimum atomic E-state index is -3.23. The van der Waals surface area contributed by atoms with Crippen molar-refractivity contribution in [2.24, 2.45) is 5.73 Å². The number of sulfonamides is 1. The van der Waals surface area contributed by atoms with Crippen molar-refractivity contribution >= 4 is 10.0 Å². The van der Waals surface area contributed by atoms with Crippen LogP contribution in [0, 0.1) is 0 Å². The number of hydrogen-bond acceptors (Lipinski definition) is 4. The maximum Gasteiger partial charge on any atom is 0.214 e. The lowest BCUT2D eigenvalue weighted by atomic mass is 10.1. The minimum Gasteiger partial charge on any atom is -0.329 e. The fraction of sp³-hybridized carbons (Fsp3) is 0.615. The minimum absolute atomic E-state index is 0.0255. The third-order valence-electron chi connectivity index (χ3n) is 3.54. The molecule has 19 heavy (non-hydrogen) atoms. The predicted molar refractivity (Wildman–Crippen MR) is 75.1 cm³/mol. The highest BCUT2D eigenvalue weighted by Crippen LogP contribution is 2.20. The van der Waals surface area contributed by atoms with Crippen molar-refractivity contribution in [1.29, 1.82) is 0 Å². The summed E-state index contributed by atoms with van der Waals surface area (Å²) in [6.07, 6.45) is 5.01. The highest BCUT2D eigenvalue weighted by atomic mass is 32.2. The fourth-order valence-corrected chi connectivity index (χ4v) is 4.23. The number of rotatable bonds is 5. The van der Waals surface area contributed by atoms with Crippen LogP contribution in [0.15, 0.2) is 24.4 Å². The Bertz CT molecular complexity index is 490. The van der Waals surface area contributed by atoms with E-state index in [0.29, 0.717) is 19.5 Å². The quantitative estimate of drug-likeness (QED) is 0.866. The van der Waals surface area contributed by atoms with E-state index in [1.807, 2.05) is 18.2 Å². The molecular weight excluding hydrogens is 262 g/mol. The van der Waals surface area contributed by atoms with Gasteiger partial charge in [0.2, 0.25) is 10.0 Å². The second kappa shape index (κ2) is 6.45. The van der Waals surface area contributed by atoms with Crippen LogP contribution < -0.4 is 5.73 Å². The molecule has 2 rings (SSSR count). The summed E-state index contributed by atoms with van der Waals surface area (Å²) in [5.41, 5.74) is 6.49. The molecule has 106 valence electrons. The normalized spacial score (nSPS) is 21.4. The van der Waals surface area contributed by atoms with Crippen molar-refractivity contribution in [3.63, 3.8) is 0 Å². The highest BCUT2D eigenvalue weighted by molar-refractivity contribution is 7.89. The van der Waals surface area contributed by atoms with Crippen LogP contribution in [0.3, 0.4) is 0 Å². The first-order chi connectivity index (χ1) is 9.13. The number of pyridine rings is 1. The van der Waals surface area contributed by atoms with Gasteiger partial charge < -0.3 is 5.73 Å². The smallest absolute Gasteiger partial charge is 0.214 e. The molecular formula is C13H21N3O2S. The molecule has 0 aromatic carbocycles. The molecule has 0 aliphatic carbocycles. The van der Waals surface area contributed by atoms with Gasteiger partial charge in [-0.1, -0.05) is 12.5 Å². The van der Waals surface area contributed by atoms with Crippen LogP contribution in [0.5, 0.6) is 0 Å². The van der Waals surface area contributed by atoms with Crippen molar-refractivity contribution in [2.45, 2.75) is 31.7 Å². The van der Waals surface area contributed by atoms with E-state index in [-0.39, 0.29) is 11.8 Å². The van der Waals surface area contributed by atoms with Crippen molar-refractivity contribution in [3.05, 3.63) is 30.1 Å². The summed E-state index contributed by atoms with van der Waals surface area (Å²) in [5.74, 6) is 0.112. The van der Waals surface area contributed by atoms with Crippen molar-refractivity contribution < 1.29 is 8.42 Å². The molecule has 1 unspecified atom stereocenters. The van der Waals surface area contributed by atoms with Crippen LogP contribution in [-0.2, 0) is 16.4 Å². The molecule has 0 spiro atoms. The van der Waals surface area contributed by atoms with Crippen molar-refractivity contribution in [1.82, 2.24) is 9.29 Å². The monoisotopic (exact) mass is 283 g/mol. The molecule has 1 aliphatic heterocycles. The second-order valence-electron chi connectivity index (χ2n) is 4.88. The summed E-state index contributed by atoms with van der Waals surface area (Å²) in [5, 5.41) is 0. The van der Waals surface area contributed by atoms with Gasteiger partial charge in [0, 0.05) is 37.4 Å². The molecule has 2 N–H and O–H groups in total. The summed E-state index contributed by atoms with van der Waals surface area (Å²) in [6, 6.07) is 5.53. The van der Waals surface area contributed by atoms with Crippen LogP contribution in [-0.4, -0.2) is 42.6 Å². The van der Waals surface area contributed by atoms with Crippen molar-refractivity contribution in [3.8, 4) is 0 Å². The molecule has 1 fully saturated rings. The first-order valence-corrected chi connectivity index (χ1v) is 8.34. The molecule has 1 aliphatic rings. The van der Waals surface area contributed by atoms with Gasteiger partial charge in [-0.2, -0.15) is 4.31 Å². The number of piperidine rings is 1. The Labute approximate surface area is 114 Å². The van der Waals surface area contributed by atoms with Crippen LogP contribution in [0.25, 0.3) is 0 Å². The summed E-state index contributed by atoms with van der Waals surface area (Å²) in [4.78, 5) is 4.16. The molecule has 0 saturated carbocycles. The third kappa shape index (κ3) is 3.75. The number of nitrogens with two attached hydrogens (primary N) is 1. The Morgan fingerprint density at radius 3 is 2.89 bits per heavy atom. The Morgan fingerprint density at radius 1 is 1.37 bits per heavy atom. The maximum absolute atomic E-state index is 12.4. The summed E-state index contributed by atoms with van der Waals surface area (Å²) < 4.78 is 26.3. The van der Waals surface area contributed by atoms with Gasteiger partial charge in [-0.15, -0.1) is 0 Å². The average Bonchev–Trinajstić information content (AvgIpc) is 2.46. The van der Waals surface area contributed by atoms with E-state index in [1.54, 1.807) is 10.5 Å². The molecule has 1 saturated heterocycles. The molecule has 1 atom stereocenters. The lowest BCUT2D eigenvalue weighted by Gasteiger charge is -2.33. The molecule has 1 aromatic rings. The van der Waals surface area contributed by atoms with Crippen LogP contribution >= 0.6 is 0 Å². The molecule has 0 bridgehead atoms. The van der Waals surface area contributed by atoms with Gasteiger partial charge in [0.05, 0.1) is 5.75 Å². The van der Waals surface area contributed by atoms with Gasteiger partial charge in [-0.25, -0.2) is 8.42 Å². The van der Waals surface area contributed by atoms with E-state index in [9.17, 15) is 8.42 Å². The SMILES string of the molecule is NCC1CCCCN1S(=O)(=O)CCc1ccccn1. The van der Waals surface area contributed by atoms with E-state index >= 15 is 0 Å². The topological polar surface area (TPSA) is 76.3 Å². The zero-order valence-corrected chi connectivity index (χ0v) is 11.8. The molecule has 6 heteroatoms. The zero-order valence-electron chi connectivity index (χ0n) is 11.0. The van der Waals surface area contributed by atoms with E-state index in [0.717, 1.165) is 25.0 Å². The van der Waals surface area contributed by atoms with Crippen LogP contribution in [0.4, 0.5) is 0 Å². The summed E-state index contributed by atoms with van der Waals surface area (Å²) in [7, 11) is -3.23. The molecule has 5 nitrogen and oxygen atoms in total. The largest absolute Gasteiger partial charge is 0.329 e. The van der Waals surface area contributed by atoms with E-state index in [4.69, 9.17) is 5.73 Å². The van der Waals surface area contributed by atoms with Crippen LogP contribution in [0.1, 0.15) is 25.0 Å². The van der Waals surface area contributed by atoms with E-state index in [1.165, 1.54) is 0 Å². The van der Waals surface area contributed by atoms with E-state index in [2.05, 4.69) is 4.98 Å². The predicted octanol–water partition coefficient (Wildman–Crippen LogP) is 0.767. The van der Waals surface area contributed by atoms with Gasteiger partial charge in [0.25, 0.3) is 0 Å². The van der Waals surface area contributed by atoms with Gasteiger partial charge in [0.1, 0.15) is 0 Å². The number of aryl methyl sites for hydroxylation is 1. The molecule has 2 heterocycles. The lowest BCUT2D eigenvalue weighted by Crippen LogP contribution is -2.48. The number of nitrogens with zero attached hydrogens (tertiary/aromatic N) is 2. The summed E-state index contributed by atoms with van der Waals surface area (Å²) >= 11 is 0. The number of aromatic nitrogens is 1. The fourth-order valence-electron chi connectivity index (χ4n) is 2.47. The van der Waals surface area contributed by atoms with E-state index < -0.39 is 10.0 Å².